The summed E-state index contributed by atoms with van der Waals surface area (Å²) < 4.78 is 28.7. The summed E-state index contributed by atoms with van der Waals surface area (Å²) >= 11 is 0. The van der Waals surface area contributed by atoms with Gasteiger partial charge in [-0.1, -0.05) is 43.6 Å². The molecular formula is C24H34O4S. The summed E-state index contributed by atoms with van der Waals surface area (Å²) in [4.78, 5) is 0. The monoisotopic (exact) mass is 418 g/mol. The molecule has 0 saturated heterocycles. The summed E-state index contributed by atoms with van der Waals surface area (Å²) in [5.74, 6) is 0.868. The first-order valence-corrected chi connectivity index (χ1v) is 12.3. The van der Waals surface area contributed by atoms with E-state index >= 15 is 0 Å². The number of hydrogen-bond acceptors (Lipinski definition) is 4. The molecule has 5 heteroatoms. The molecule has 2 atom stereocenters. The van der Waals surface area contributed by atoms with E-state index in [1.54, 1.807) is 0 Å². The van der Waals surface area contributed by atoms with Crippen LogP contribution in [-0.4, -0.2) is 19.8 Å². The Morgan fingerprint density at radius 2 is 2.07 bits per heavy atom. The van der Waals surface area contributed by atoms with Gasteiger partial charge in [0.1, 0.15) is 17.8 Å². The number of aromatic hydroxyl groups is 1. The number of hydrogen-bond donors (Lipinski definition) is 1. The lowest BCUT2D eigenvalue weighted by atomic mass is 9.73. The van der Waals surface area contributed by atoms with E-state index in [1.807, 2.05) is 19.1 Å². The lowest BCUT2D eigenvalue weighted by molar-refractivity contribution is 0.410. The molecule has 0 saturated carbocycles. The number of sulfone groups is 1. The largest absolute Gasteiger partial charge is 0.507 e. The first-order chi connectivity index (χ1) is 13.6. The molecule has 0 aliphatic heterocycles. The Balaban J connectivity index is 2.51. The van der Waals surface area contributed by atoms with E-state index in [0.29, 0.717) is 11.3 Å². The van der Waals surface area contributed by atoms with Crippen LogP contribution >= 0.6 is 0 Å². The summed E-state index contributed by atoms with van der Waals surface area (Å²) in [6.07, 6.45) is 10.6. The summed E-state index contributed by atoms with van der Waals surface area (Å²) in [5, 5.41) is 12.0. The van der Waals surface area contributed by atoms with Crippen LogP contribution in [0.5, 0.6) is 11.5 Å². The van der Waals surface area contributed by atoms with Crippen molar-refractivity contribution in [1.82, 2.24) is 0 Å². The van der Waals surface area contributed by atoms with Crippen molar-refractivity contribution < 1.29 is 18.3 Å². The predicted molar refractivity (Wildman–Crippen MR) is 120 cm³/mol. The third-order valence-corrected chi connectivity index (χ3v) is 6.07. The minimum Gasteiger partial charge on any atom is -0.507 e. The Labute approximate surface area is 175 Å². The molecule has 0 radical (unpaired) electrons. The highest BCUT2D eigenvalue weighted by Gasteiger charge is 2.30. The van der Waals surface area contributed by atoms with Crippen LogP contribution in [-0.2, 0) is 16.3 Å². The molecule has 0 amide bonds. The number of rotatable bonds is 9. The van der Waals surface area contributed by atoms with E-state index in [1.165, 1.54) is 11.8 Å². The molecule has 1 aromatic rings. The molecule has 0 aromatic heterocycles. The third-order valence-electron chi connectivity index (χ3n) is 5.46. The fourth-order valence-electron chi connectivity index (χ4n) is 3.93. The van der Waals surface area contributed by atoms with Crippen molar-refractivity contribution in [3.8, 4) is 11.5 Å². The Kier molecular flexibility index (Phi) is 8.14. The van der Waals surface area contributed by atoms with Gasteiger partial charge in [0, 0.05) is 17.7 Å². The molecular weight excluding hydrogens is 384 g/mol. The summed E-state index contributed by atoms with van der Waals surface area (Å²) in [5.41, 5.74) is 4.04. The highest BCUT2D eigenvalue weighted by atomic mass is 32.2. The molecule has 0 bridgehead atoms. The van der Waals surface area contributed by atoms with Gasteiger partial charge in [0.05, 0.1) is 5.41 Å². The van der Waals surface area contributed by atoms with E-state index < -0.39 is 9.84 Å². The third kappa shape index (κ3) is 6.77. The number of phenols is 1. The Hall–Kier alpha value is -2.01. The molecule has 2 rings (SSSR count). The van der Waals surface area contributed by atoms with Crippen molar-refractivity contribution in [3.05, 3.63) is 58.7 Å². The van der Waals surface area contributed by atoms with Gasteiger partial charge in [0.2, 0.25) is 0 Å². The molecule has 1 aromatic carbocycles. The van der Waals surface area contributed by atoms with Crippen LogP contribution in [0.2, 0.25) is 0 Å². The van der Waals surface area contributed by atoms with Crippen molar-refractivity contribution in [2.75, 3.05) is 6.26 Å². The van der Waals surface area contributed by atoms with Crippen LogP contribution in [0, 0.1) is 5.92 Å². The van der Waals surface area contributed by atoms with Crippen LogP contribution in [0.25, 0.3) is 0 Å². The lowest BCUT2D eigenvalue weighted by Gasteiger charge is -2.32. The second kappa shape index (κ2) is 10.1. The quantitative estimate of drug-likeness (QED) is 0.302. The highest BCUT2D eigenvalue weighted by molar-refractivity contribution is 7.93. The normalized spacial score (nSPS) is 19.9. The summed E-state index contributed by atoms with van der Waals surface area (Å²) in [6.45, 7) is 10.4. The van der Waals surface area contributed by atoms with E-state index in [2.05, 4.69) is 26.5 Å². The van der Waals surface area contributed by atoms with Crippen molar-refractivity contribution in [2.45, 2.75) is 65.2 Å². The second-order valence-corrected chi connectivity index (χ2v) is 10.2. The summed E-state index contributed by atoms with van der Waals surface area (Å²) in [7, 11) is -3.30. The van der Waals surface area contributed by atoms with Gasteiger partial charge in [0.15, 0.2) is 9.84 Å². The maximum atomic E-state index is 11.5. The van der Waals surface area contributed by atoms with Crippen LogP contribution in [0.4, 0.5) is 0 Å². The molecule has 0 spiro atoms. The molecule has 29 heavy (non-hydrogen) atoms. The molecule has 1 unspecified atom stereocenters. The standard InChI is InChI=1S/C24H34O4S/c1-6-7-8-9-19-15-22(25)24(23(16-19)28-12-13-29(5,26)27)21-14-18(4)10-11-20(21)17(2)3/h12-16,20-21,25H,2,6-11H2,1,3-5H3/b13-12+/t20?,21-/m1/s1. The maximum Gasteiger partial charge on any atom is 0.171 e. The SMILES string of the molecule is C=C(C)C1CCC(C)=C[C@H]1c1c(O)cc(CCCCC)cc1O/C=C/S(C)(=O)=O. The lowest BCUT2D eigenvalue weighted by Crippen LogP contribution is -2.17. The number of allylic oxidation sites excluding steroid dienone is 3. The van der Waals surface area contributed by atoms with Crippen LogP contribution in [0.15, 0.2) is 47.6 Å². The number of unbranched alkanes of at least 4 members (excludes halogenated alkanes) is 2. The van der Waals surface area contributed by atoms with Crippen molar-refractivity contribution >= 4 is 9.84 Å². The summed E-state index contributed by atoms with van der Waals surface area (Å²) in [6, 6.07) is 3.76. The number of ether oxygens (including phenoxy) is 1. The topological polar surface area (TPSA) is 63.6 Å². The number of aryl methyl sites for hydroxylation is 1. The van der Waals surface area contributed by atoms with Gasteiger partial charge in [0.25, 0.3) is 0 Å². The average Bonchev–Trinajstić information content (AvgIpc) is 2.60. The fraction of sp³-hybridized carbons (Fsp3) is 0.500. The first kappa shape index (κ1) is 23.3. The van der Waals surface area contributed by atoms with Crippen molar-refractivity contribution in [2.24, 2.45) is 5.92 Å². The minimum absolute atomic E-state index is 0.0485. The van der Waals surface area contributed by atoms with Gasteiger partial charge in [-0.25, -0.2) is 8.42 Å². The van der Waals surface area contributed by atoms with Gasteiger partial charge >= 0.3 is 0 Å². The number of phenolic OH excluding ortho intramolecular Hbond substituents is 1. The predicted octanol–water partition coefficient (Wildman–Crippen LogP) is 6.04. The van der Waals surface area contributed by atoms with Crippen LogP contribution in [0.3, 0.4) is 0 Å². The molecule has 1 aliphatic carbocycles. The first-order valence-electron chi connectivity index (χ1n) is 10.3. The molecule has 1 aliphatic rings. The minimum atomic E-state index is -3.30. The van der Waals surface area contributed by atoms with Crippen molar-refractivity contribution in [1.29, 1.82) is 0 Å². The average molecular weight is 419 g/mol. The van der Waals surface area contributed by atoms with E-state index in [-0.39, 0.29) is 17.6 Å². The number of benzene rings is 1. The van der Waals surface area contributed by atoms with Gasteiger partial charge in [-0.15, -0.1) is 0 Å². The van der Waals surface area contributed by atoms with Gasteiger partial charge in [-0.05, 0) is 63.1 Å². The van der Waals surface area contributed by atoms with E-state index in [9.17, 15) is 13.5 Å². The Morgan fingerprint density at radius 3 is 2.69 bits per heavy atom. The van der Waals surface area contributed by atoms with Crippen LogP contribution < -0.4 is 4.74 Å². The second-order valence-electron chi connectivity index (χ2n) is 8.23. The zero-order valence-electron chi connectivity index (χ0n) is 18.1. The van der Waals surface area contributed by atoms with E-state index in [0.717, 1.165) is 61.3 Å². The molecule has 0 fully saturated rings. The fourth-order valence-corrected chi connectivity index (χ4v) is 4.19. The smallest absolute Gasteiger partial charge is 0.171 e. The Morgan fingerprint density at radius 1 is 1.34 bits per heavy atom. The molecule has 160 valence electrons. The van der Waals surface area contributed by atoms with E-state index in [4.69, 9.17) is 4.74 Å². The maximum absolute atomic E-state index is 11.5. The molecule has 4 nitrogen and oxygen atoms in total. The van der Waals surface area contributed by atoms with Gasteiger partial charge < -0.3 is 9.84 Å². The molecule has 0 heterocycles. The highest BCUT2D eigenvalue weighted by Crippen LogP contribution is 2.47. The van der Waals surface area contributed by atoms with Gasteiger partial charge in [-0.2, -0.15) is 0 Å². The zero-order valence-corrected chi connectivity index (χ0v) is 18.9. The van der Waals surface area contributed by atoms with Crippen LogP contribution in [0.1, 0.15) is 69.9 Å². The van der Waals surface area contributed by atoms with Crippen molar-refractivity contribution in [3.63, 3.8) is 0 Å². The molecule has 1 N–H and O–H groups in total. The Bertz CT molecular complexity index is 894. The zero-order chi connectivity index (χ0) is 21.6. The van der Waals surface area contributed by atoms with Gasteiger partial charge in [-0.3, -0.25) is 0 Å².